The summed E-state index contributed by atoms with van der Waals surface area (Å²) in [4.78, 5) is 12.0. The average molecular weight is 390 g/mol. The van der Waals surface area contributed by atoms with Gasteiger partial charge in [0.25, 0.3) is 0 Å². The molecule has 1 aromatic carbocycles. The Labute approximate surface area is 144 Å². The Hall–Kier alpha value is 0.390. The molecular formula is C10H8INaO5S. The van der Waals surface area contributed by atoms with Gasteiger partial charge in [-0.05, 0) is 24.3 Å². The second-order valence-electron chi connectivity index (χ2n) is 2.82. The maximum absolute atomic E-state index is 11.4. The maximum atomic E-state index is 11.4. The van der Waals surface area contributed by atoms with Crippen LogP contribution in [0.15, 0.2) is 41.3 Å². The molecule has 0 saturated carbocycles. The van der Waals surface area contributed by atoms with E-state index >= 15 is 0 Å². The molecule has 8 heteroatoms. The molecule has 0 fully saturated rings. The monoisotopic (exact) mass is 390 g/mol. The Bertz CT molecular complexity index is 398. The molecule has 0 N–H and O–H groups in total. The summed E-state index contributed by atoms with van der Waals surface area (Å²) in [6.07, 6.45) is 0. The smallest absolute Gasteiger partial charge is 0.691 e. The van der Waals surface area contributed by atoms with Gasteiger partial charge in [0.05, 0.1) is 12.0 Å². The molecule has 1 rings (SSSR count). The Morgan fingerprint density at radius 2 is 2.00 bits per heavy atom. The third-order valence-corrected chi connectivity index (χ3v) is 3.15. The van der Waals surface area contributed by atoms with Crippen LogP contribution in [0.4, 0.5) is 0 Å². The first-order valence-corrected chi connectivity index (χ1v) is 6.63. The quantitative estimate of drug-likeness (QED) is 0.0702. The summed E-state index contributed by atoms with van der Waals surface area (Å²) in [5, 5.41) is 12.8. The first-order chi connectivity index (χ1) is 8.17. The molecule has 0 spiro atoms. The summed E-state index contributed by atoms with van der Waals surface area (Å²) in [5.74, 6) is -0.0627. The van der Waals surface area contributed by atoms with Crippen LogP contribution in [0, 0.1) is 0 Å². The number of halogens is 1. The molecule has 0 heterocycles. The first kappa shape index (κ1) is 18.4. The van der Waals surface area contributed by atoms with E-state index in [4.69, 9.17) is 4.74 Å². The van der Waals surface area contributed by atoms with E-state index in [1.54, 1.807) is 24.3 Å². The van der Waals surface area contributed by atoms with Crippen LogP contribution in [0.1, 0.15) is 0 Å². The molecule has 0 bridgehead atoms. The van der Waals surface area contributed by atoms with Crippen LogP contribution in [0.3, 0.4) is 0 Å². The van der Waals surface area contributed by atoms with Gasteiger partial charge in [-0.15, -0.1) is 0 Å². The van der Waals surface area contributed by atoms with Gasteiger partial charge in [-0.3, -0.25) is 5.04 Å². The molecule has 0 aliphatic heterocycles. The molecular weight excluding hydrogens is 382 g/mol. The Morgan fingerprint density at radius 3 is 2.50 bits per heavy atom. The number of ether oxygens (including phenoxy) is 1. The van der Waals surface area contributed by atoms with Crippen LogP contribution >= 0.6 is 34.6 Å². The van der Waals surface area contributed by atoms with Crippen molar-refractivity contribution in [2.75, 3.05) is 4.43 Å². The zero-order valence-electron chi connectivity index (χ0n) is 9.55. The van der Waals surface area contributed by atoms with E-state index in [9.17, 15) is 10.1 Å². The molecule has 92 valence electrons. The van der Waals surface area contributed by atoms with E-state index in [0.717, 1.165) is 12.0 Å². The predicted molar refractivity (Wildman–Crippen MR) is 68.1 cm³/mol. The van der Waals surface area contributed by atoms with Gasteiger partial charge in [0, 0.05) is 14.9 Å². The fourth-order valence-electron chi connectivity index (χ4n) is 0.850. The Morgan fingerprint density at radius 1 is 1.39 bits per heavy atom. The van der Waals surface area contributed by atoms with Crippen molar-refractivity contribution in [3.8, 4) is 5.75 Å². The van der Waals surface area contributed by atoms with E-state index < -0.39 is 5.97 Å². The molecule has 1 aromatic rings. The van der Waals surface area contributed by atoms with Crippen LogP contribution in [-0.4, -0.2) is 10.4 Å². The predicted octanol–water partition coefficient (Wildman–Crippen LogP) is -1.18. The number of rotatable bonds is 6. The number of esters is 1. The number of hydrogen-bond donors (Lipinski definition) is 0. The van der Waals surface area contributed by atoms with Gasteiger partial charge in [0.15, 0.2) is 0 Å². The summed E-state index contributed by atoms with van der Waals surface area (Å²) in [6, 6.07) is 6.40. The molecule has 0 amide bonds. The SMILES string of the molecule is C=C(CI)C(=O)Oc1ccc(SOO[O-])cc1.[Na+]. The minimum absolute atomic E-state index is 0. The number of benzene rings is 1. The van der Waals surface area contributed by atoms with Crippen molar-refractivity contribution in [3.63, 3.8) is 0 Å². The molecule has 0 saturated heterocycles. The van der Waals surface area contributed by atoms with Crippen molar-refractivity contribution < 1.29 is 53.7 Å². The summed E-state index contributed by atoms with van der Waals surface area (Å²) < 4.78 is 9.69. The van der Waals surface area contributed by atoms with Crippen molar-refractivity contribution in [3.05, 3.63) is 36.4 Å². The second kappa shape index (κ2) is 10.2. The van der Waals surface area contributed by atoms with Crippen LogP contribution in [0.25, 0.3) is 0 Å². The van der Waals surface area contributed by atoms with Gasteiger partial charge in [0.1, 0.15) is 5.75 Å². The number of carbonyl (C=O) groups is 1. The van der Waals surface area contributed by atoms with Crippen molar-refractivity contribution in [1.29, 1.82) is 0 Å². The van der Waals surface area contributed by atoms with Crippen molar-refractivity contribution in [1.82, 2.24) is 0 Å². The minimum atomic E-state index is -0.459. The van der Waals surface area contributed by atoms with E-state index in [-0.39, 0.29) is 29.6 Å². The van der Waals surface area contributed by atoms with Crippen molar-refractivity contribution >= 4 is 40.6 Å². The first-order valence-electron chi connectivity index (χ1n) is 4.36. The second-order valence-corrected chi connectivity index (χ2v) is 4.35. The zero-order chi connectivity index (χ0) is 12.7. The third kappa shape index (κ3) is 6.53. The maximum Gasteiger partial charge on any atom is 1.00 e. The van der Waals surface area contributed by atoms with Crippen LogP contribution in [-0.2, 0) is 14.2 Å². The fourth-order valence-corrected chi connectivity index (χ4v) is 1.52. The van der Waals surface area contributed by atoms with E-state index in [1.807, 2.05) is 22.6 Å². The average Bonchev–Trinajstić information content (AvgIpc) is 2.37. The number of alkyl halides is 1. The minimum Gasteiger partial charge on any atom is -0.691 e. The number of carbonyl (C=O) groups excluding carboxylic acids is 1. The molecule has 0 aromatic heterocycles. The van der Waals surface area contributed by atoms with Gasteiger partial charge in [-0.2, -0.15) is 4.33 Å². The van der Waals surface area contributed by atoms with Crippen molar-refractivity contribution in [2.24, 2.45) is 0 Å². The van der Waals surface area contributed by atoms with Crippen LogP contribution in [0.5, 0.6) is 5.75 Å². The van der Waals surface area contributed by atoms with Crippen molar-refractivity contribution in [2.45, 2.75) is 4.90 Å². The molecule has 0 atom stereocenters. The van der Waals surface area contributed by atoms with Gasteiger partial charge < -0.3 is 9.99 Å². The standard InChI is InChI=1S/C10H9IO5S.Na/c1-7(6-11)10(12)14-8-2-4-9(5-3-8)17-16-15-13;/h2-5,13H,1,6H2;/q;+1/p-1. The molecule has 0 aliphatic carbocycles. The number of hydrogen-bond acceptors (Lipinski definition) is 6. The van der Waals surface area contributed by atoms with Gasteiger partial charge in [0.2, 0.25) is 0 Å². The van der Waals surface area contributed by atoms with Crippen LogP contribution < -0.4 is 39.6 Å². The van der Waals surface area contributed by atoms with E-state index in [1.165, 1.54) is 0 Å². The fraction of sp³-hybridized carbons (Fsp3) is 0.100. The zero-order valence-corrected chi connectivity index (χ0v) is 14.5. The normalized spacial score (nSPS) is 9.44. The van der Waals surface area contributed by atoms with Crippen LogP contribution in [0.2, 0.25) is 0 Å². The topological polar surface area (TPSA) is 67.8 Å². The summed E-state index contributed by atoms with van der Waals surface area (Å²) >= 11 is 2.79. The molecule has 0 unspecified atom stereocenters. The molecule has 5 nitrogen and oxygen atoms in total. The largest absolute Gasteiger partial charge is 1.00 e. The third-order valence-electron chi connectivity index (χ3n) is 1.64. The van der Waals surface area contributed by atoms with Gasteiger partial charge in [-0.25, -0.2) is 4.79 Å². The van der Waals surface area contributed by atoms with Gasteiger partial charge >= 0.3 is 35.5 Å². The Balaban J connectivity index is 0.00000289. The van der Waals surface area contributed by atoms with Gasteiger partial charge in [-0.1, -0.05) is 29.2 Å². The molecule has 0 radical (unpaired) electrons. The Kier molecular flexibility index (Phi) is 10.4. The summed E-state index contributed by atoms with van der Waals surface area (Å²) in [6.45, 7) is 3.57. The van der Waals surface area contributed by atoms with E-state index in [0.29, 0.717) is 20.6 Å². The molecule has 0 aliphatic rings. The molecule has 18 heavy (non-hydrogen) atoms. The van der Waals surface area contributed by atoms with E-state index in [2.05, 4.69) is 16.0 Å². The summed E-state index contributed by atoms with van der Waals surface area (Å²) in [5.41, 5.74) is 0.395. The summed E-state index contributed by atoms with van der Waals surface area (Å²) in [7, 11) is 0.